The van der Waals surface area contributed by atoms with Crippen molar-refractivity contribution in [1.29, 1.82) is 0 Å². The van der Waals surface area contributed by atoms with E-state index in [2.05, 4.69) is 4.98 Å². The van der Waals surface area contributed by atoms with Gasteiger partial charge in [-0.1, -0.05) is 6.07 Å². The maximum atomic E-state index is 13.8. The molecule has 1 aromatic carbocycles. The first-order chi connectivity index (χ1) is 8.27. The molecule has 0 aliphatic carbocycles. The zero-order valence-corrected chi connectivity index (χ0v) is 10.1. The normalized spacial score (nSPS) is 20.9. The Hall–Kier alpha value is -1.23. The third kappa shape index (κ3) is 1.78. The number of nitrogens with zero attached hydrogens (tertiary/aromatic N) is 1. The lowest BCUT2D eigenvalue weighted by atomic mass is 10.1. The van der Waals surface area contributed by atoms with Crippen LogP contribution in [0.3, 0.4) is 0 Å². The minimum absolute atomic E-state index is 0.117. The van der Waals surface area contributed by atoms with E-state index in [1.807, 2.05) is 11.8 Å². The molecule has 3 nitrogen and oxygen atoms in total. The maximum absolute atomic E-state index is 13.8. The maximum Gasteiger partial charge on any atom is 0.326 e. The largest absolute Gasteiger partial charge is 0.326 e. The number of halogens is 1. The molecule has 0 bridgehead atoms. The number of benzene rings is 1. The molecule has 1 aliphatic rings. The molecule has 1 N–H and O–H groups in total. The van der Waals surface area contributed by atoms with Gasteiger partial charge in [-0.2, -0.15) is 11.8 Å². The van der Waals surface area contributed by atoms with Crippen LogP contribution in [0.4, 0.5) is 4.39 Å². The van der Waals surface area contributed by atoms with Crippen molar-refractivity contribution in [2.75, 3.05) is 11.5 Å². The zero-order chi connectivity index (χ0) is 11.8. The van der Waals surface area contributed by atoms with E-state index >= 15 is 0 Å². The summed E-state index contributed by atoms with van der Waals surface area (Å²) in [5.74, 6) is 1.70. The average molecular weight is 252 g/mol. The van der Waals surface area contributed by atoms with Gasteiger partial charge in [-0.05, 0) is 30.7 Å². The van der Waals surface area contributed by atoms with Crippen LogP contribution in [-0.4, -0.2) is 21.1 Å². The second-order valence-corrected chi connectivity index (χ2v) is 5.46. The Labute approximate surface area is 102 Å². The van der Waals surface area contributed by atoms with Crippen molar-refractivity contribution in [1.82, 2.24) is 9.55 Å². The molecule has 5 heteroatoms. The Kier molecular flexibility index (Phi) is 2.70. The van der Waals surface area contributed by atoms with Crippen LogP contribution < -0.4 is 5.69 Å². The first kappa shape index (κ1) is 10.9. The minimum Gasteiger partial charge on any atom is -0.305 e. The van der Waals surface area contributed by atoms with Gasteiger partial charge in [0.1, 0.15) is 11.3 Å². The number of para-hydroxylation sites is 1. The molecule has 1 fully saturated rings. The molecule has 3 rings (SSSR count). The van der Waals surface area contributed by atoms with E-state index in [4.69, 9.17) is 0 Å². The molecular formula is C12H13FN2OS. The molecule has 1 saturated heterocycles. The molecule has 2 aromatic rings. The highest BCUT2D eigenvalue weighted by Crippen LogP contribution is 2.28. The Balaban J connectivity index is 2.20. The Morgan fingerprint density at radius 1 is 1.47 bits per heavy atom. The fraction of sp³-hybridized carbons (Fsp3) is 0.417. The second kappa shape index (κ2) is 4.22. The van der Waals surface area contributed by atoms with Gasteiger partial charge >= 0.3 is 5.69 Å². The molecule has 0 spiro atoms. The van der Waals surface area contributed by atoms with Crippen molar-refractivity contribution >= 4 is 22.8 Å². The number of rotatable bonds is 1. The summed E-state index contributed by atoms with van der Waals surface area (Å²) in [6, 6.07) is 4.88. The third-order valence-electron chi connectivity index (χ3n) is 3.19. The van der Waals surface area contributed by atoms with Crippen LogP contribution in [0, 0.1) is 5.82 Å². The molecule has 1 aromatic heterocycles. The lowest BCUT2D eigenvalue weighted by molar-refractivity contribution is 0.492. The number of H-pyrrole nitrogens is 1. The van der Waals surface area contributed by atoms with E-state index in [1.165, 1.54) is 6.07 Å². The predicted octanol–water partition coefficient (Wildman–Crippen LogP) is 2.54. The van der Waals surface area contributed by atoms with E-state index in [-0.39, 0.29) is 17.5 Å². The summed E-state index contributed by atoms with van der Waals surface area (Å²) in [5.41, 5.74) is 0.813. The number of thioether (sulfide) groups is 1. The summed E-state index contributed by atoms with van der Waals surface area (Å²) >= 11 is 1.83. The smallest absolute Gasteiger partial charge is 0.305 e. The van der Waals surface area contributed by atoms with Gasteiger partial charge in [0.15, 0.2) is 0 Å². The Morgan fingerprint density at radius 3 is 3.12 bits per heavy atom. The summed E-state index contributed by atoms with van der Waals surface area (Å²) in [5, 5.41) is 0. The highest BCUT2D eigenvalue weighted by atomic mass is 32.2. The van der Waals surface area contributed by atoms with Crippen LogP contribution in [0.15, 0.2) is 23.0 Å². The topological polar surface area (TPSA) is 37.8 Å². The second-order valence-electron chi connectivity index (χ2n) is 4.31. The van der Waals surface area contributed by atoms with Gasteiger partial charge in [-0.15, -0.1) is 0 Å². The van der Waals surface area contributed by atoms with Crippen LogP contribution >= 0.6 is 11.8 Å². The number of nitrogens with one attached hydrogen (secondary N) is 1. The van der Waals surface area contributed by atoms with Crippen molar-refractivity contribution in [2.24, 2.45) is 0 Å². The van der Waals surface area contributed by atoms with Gasteiger partial charge in [0.2, 0.25) is 0 Å². The van der Waals surface area contributed by atoms with Crippen molar-refractivity contribution in [3.8, 4) is 0 Å². The quantitative estimate of drug-likeness (QED) is 0.847. The van der Waals surface area contributed by atoms with Gasteiger partial charge in [0, 0.05) is 11.8 Å². The molecule has 2 heterocycles. The van der Waals surface area contributed by atoms with Gasteiger partial charge in [-0.3, -0.25) is 4.57 Å². The van der Waals surface area contributed by atoms with Gasteiger partial charge in [0.05, 0.1) is 5.52 Å². The van der Waals surface area contributed by atoms with Crippen molar-refractivity contribution in [3.63, 3.8) is 0 Å². The molecule has 17 heavy (non-hydrogen) atoms. The molecule has 1 unspecified atom stereocenters. The predicted molar refractivity (Wildman–Crippen MR) is 68.1 cm³/mol. The van der Waals surface area contributed by atoms with Crippen LogP contribution in [0.5, 0.6) is 0 Å². The molecule has 90 valence electrons. The van der Waals surface area contributed by atoms with E-state index in [0.717, 1.165) is 24.3 Å². The molecular weight excluding hydrogens is 239 g/mol. The first-order valence-electron chi connectivity index (χ1n) is 5.74. The Morgan fingerprint density at radius 2 is 2.35 bits per heavy atom. The summed E-state index contributed by atoms with van der Waals surface area (Å²) < 4.78 is 15.4. The minimum atomic E-state index is -0.323. The average Bonchev–Trinajstić information content (AvgIpc) is 2.68. The molecule has 1 aliphatic heterocycles. The van der Waals surface area contributed by atoms with Gasteiger partial charge in [0.25, 0.3) is 0 Å². The number of aromatic nitrogens is 2. The zero-order valence-electron chi connectivity index (χ0n) is 9.28. The van der Waals surface area contributed by atoms with Crippen molar-refractivity contribution < 1.29 is 4.39 Å². The number of hydrogen-bond acceptors (Lipinski definition) is 2. The van der Waals surface area contributed by atoms with Crippen molar-refractivity contribution in [3.05, 3.63) is 34.5 Å². The lowest BCUT2D eigenvalue weighted by Gasteiger charge is -2.22. The highest BCUT2D eigenvalue weighted by Gasteiger charge is 2.21. The van der Waals surface area contributed by atoms with E-state index in [1.54, 1.807) is 16.7 Å². The number of aromatic amines is 1. The molecule has 0 radical (unpaired) electrons. The van der Waals surface area contributed by atoms with Crippen LogP contribution in [0.25, 0.3) is 11.0 Å². The Bertz CT molecular complexity index is 598. The van der Waals surface area contributed by atoms with E-state index < -0.39 is 0 Å². The molecule has 0 saturated carbocycles. The summed E-state index contributed by atoms with van der Waals surface area (Å²) in [4.78, 5) is 14.6. The molecule has 1 atom stereocenters. The monoisotopic (exact) mass is 252 g/mol. The SMILES string of the molecule is O=c1[nH]c2cccc(F)c2n1C1CCCSC1. The van der Waals surface area contributed by atoms with Crippen LogP contribution in [0.1, 0.15) is 18.9 Å². The fourth-order valence-electron chi connectivity index (χ4n) is 2.41. The van der Waals surface area contributed by atoms with E-state index in [0.29, 0.717) is 11.0 Å². The molecule has 0 amide bonds. The number of hydrogen-bond donors (Lipinski definition) is 1. The summed E-state index contributed by atoms with van der Waals surface area (Å²) in [7, 11) is 0. The van der Waals surface area contributed by atoms with Crippen LogP contribution in [0.2, 0.25) is 0 Å². The third-order valence-corrected chi connectivity index (χ3v) is 4.39. The lowest BCUT2D eigenvalue weighted by Crippen LogP contribution is -2.26. The number of imidazole rings is 1. The first-order valence-corrected chi connectivity index (χ1v) is 6.89. The number of fused-ring (bicyclic) bond motifs is 1. The van der Waals surface area contributed by atoms with Crippen LogP contribution in [-0.2, 0) is 0 Å². The van der Waals surface area contributed by atoms with Crippen molar-refractivity contribution in [2.45, 2.75) is 18.9 Å². The highest BCUT2D eigenvalue weighted by molar-refractivity contribution is 7.99. The standard InChI is InChI=1S/C12H13FN2OS/c13-9-4-1-5-10-11(9)15(12(16)14-10)8-3-2-6-17-7-8/h1,4-5,8H,2-3,6-7H2,(H,14,16). The van der Waals surface area contributed by atoms with Gasteiger partial charge in [-0.25, -0.2) is 9.18 Å². The summed E-state index contributed by atoms with van der Waals surface area (Å²) in [6.07, 6.45) is 2.04. The summed E-state index contributed by atoms with van der Waals surface area (Å²) in [6.45, 7) is 0. The van der Waals surface area contributed by atoms with E-state index in [9.17, 15) is 9.18 Å². The fourth-order valence-corrected chi connectivity index (χ4v) is 3.54. The van der Waals surface area contributed by atoms with Gasteiger partial charge < -0.3 is 4.98 Å².